The molecule has 0 saturated heterocycles. The molecule has 2 aromatic carbocycles. The van der Waals surface area contributed by atoms with Gasteiger partial charge in [0.05, 0.1) is 13.7 Å². The Labute approximate surface area is 174 Å². The van der Waals surface area contributed by atoms with E-state index in [0.717, 1.165) is 60.2 Å². The van der Waals surface area contributed by atoms with Gasteiger partial charge in [-0.25, -0.2) is 0 Å². The smallest absolute Gasteiger partial charge is 0.248 e. The van der Waals surface area contributed by atoms with Gasteiger partial charge in [-0.05, 0) is 54.2 Å². The van der Waals surface area contributed by atoms with E-state index < -0.39 is 0 Å². The zero-order valence-electron chi connectivity index (χ0n) is 18.1. The molecule has 0 fully saturated rings. The summed E-state index contributed by atoms with van der Waals surface area (Å²) in [6.07, 6.45) is 8.45. The van der Waals surface area contributed by atoms with Crippen LogP contribution >= 0.6 is 0 Å². The summed E-state index contributed by atoms with van der Waals surface area (Å²) in [5.74, 6) is 1.27. The number of benzene rings is 2. The van der Waals surface area contributed by atoms with E-state index in [1.54, 1.807) is 19.3 Å². The summed E-state index contributed by atoms with van der Waals surface area (Å²) in [6.45, 7) is 7.04. The first kappa shape index (κ1) is 22.5. The number of para-hydroxylation sites is 1. The number of hydrogen-bond donors (Lipinski definition) is 1. The van der Waals surface area contributed by atoms with E-state index in [-0.39, 0.29) is 5.91 Å². The second kappa shape index (κ2) is 11.9. The molecule has 4 nitrogen and oxygen atoms in total. The highest BCUT2D eigenvalue weighted by Gasteiger charge is 2.09. The van der Waals surface area contributed by atoms with Crippen LogP contribution in [0, 0.1) is 0 Å². The third-order valence-electron chi connectivity index (χ3n) is 4.87. The third-order valence-corrected chi connectivity index (χ3v) is 4.87. The Kier molecular flexibility index (Phi) is 9.29. The van der Waals surface area contributed by atoms with Crippen LogP contribution in [-0.4, -0.2) is 19.6 Å². The lowest BCUT2D eigenvalue weighted by atomic mass is 10.0. The molecule has 1 N–H and O–H groups in total. The van der Waals surface area contributed by atoms with Crippen LogP contribution in [0.5, 0.6) is 11.5 Å². The van der Waals surface area contributed by atoms with Gasteiger partial charge in [0.15, 0.2) is 11.5 Å². The fraction of sp³-hybridized carbons (Fsp3) is 0.400. The van der Waals surface area contributed by atoms with Crippen LogP contribution in [-0.2, 0) is 17.6 Å². The minimum atomic E-state index is -0.139. The monoisotopic (exact) mass is 395 g/mol. The molecule has 2 aromatic rings. The summed E-state index contributed by atoms with van der Waals surface area (Å²) >= 11 is 0. The second-order valence-electron chi connectivity index (χ2n) is 6.95. The van der Waals surface area contributed by atoms with Crippen molar-refractivity contribution in [3.05, 3.63) is 59.2 Å². The normalized spacial score (nSPS) is 10.9. The molecule has 0 aliphatic heterocycles. The van der Waals surface area contributed by atoms with Crippen molar-refractivity contribution >= 4 is 17.7 Å². The molecule has 0 atom stereocenters. The van der Waals surface area contributed by atoms with Crippen LogP contribution < -0.4 is 14.8 Å². The third kappa shape index (κ3) is 6.67. The summed E-state index contributed by atoms with van der Waals surface area (Å²) in [7, 11) is 1.63. The van der Waals surface area contributed by atoms with E-state index in [1.807, 2.05) is 24.3 Å². The van der Waals surface area contributed by atoms with Crippen molar-refractivity contribution in [3.63, 3.8) is 0 Å². The molecule has 0 spiro atoms. The summed E-state index contributed by atoms with van der Waals surface area (Å²) < 4.78 is 11.3. The maximum absolute atomic E-state index is 12.5. The summed E-state index contributed by atoms with van der Waals surface area (Å²) in [4.78, 5) is 12.5. The van der Waals surface area contributed by atoms with Gasteiger partial charge in [-0.15, -0.1) is 0 Å². The predicted octanol–water partition coefficient (Wildman–Crippen LogP) is 6.04. The number of hydrogen-bond acceptors (Lipinski definition) is 3. The zero-order valence-corrected chi connectivity index (χ0v) is 18.1. The zero-order chi connectivity index (χ0) is 21.1. The lowest BCUT2D eigenvalue weighted by Gasteiger charge is -2.13. The summed E-state index contributed by atoms with van der Waals surface area (Å²) in [5, 5.41) is 3.05. The SMILES string of the molecule is CCCCCOc1ccc(C=CC(=O)Nc2c(CC)cccc2CC)cc1OC. The van der Waals surface area contributed by atoms with Crippen LogP contribution in [0.3, 0.4) is 0 Å². The minimum Gasteiger partial charge on any atom is -0.493 e. The molecule has 4 heteroatoms. The Bertz CT molecular complexity index is 805. The molecule has 0 bridgehead atoms. The van der Waals surface area contributed by atoms with Gasteiger partial charge >= 0.3 is 0 Å². The van der Waals surface area contributed by atoms with Gasteiger partial charge in [0.25, 0.3) is 0 Å². The summed E-state index contributed by atoms with van der Waals surface area (Å²) in [6, 6.07) is 11.9. The predicted molar refractivity (Wildman–Crippen MR) is 121 cm³/mol. The standard InChI is InChI=1S/C25H33NO3/c1-5-8-9-17-29-22-15-13-19(18-23(22)28-4)14-16-24(27)26-25-20(6-2)11-10-12-21(25)7-3/h10-16,18H,5-9,17H2,1-4H3,(H,26,27). The maximum atomic E-state index is 12.5. The van der Waals surface area contributed by atoms with Crippen molar-refractivity contribution in [3.8, 4) is 11.5 Å². The van der Waals surface area contributed by atoms with E-state index in [0.29, 0.717) is 12.4 Å². The number of carbonyl (C=O) groups is 1. The van der Waals surface area contributed by atoms with Gasteiger partial charge in [0.1, 0.15) is 0 Å². The first-order valence-corrected chi connectivity index (χ1v) is 10.5. The van der Waals surface area contributed by atoms with Crippen LogP contribution in [0.2, 0.25) is 0 Å². The molecule has 0 saturated carbocycles. The number of ether oxygens (including phenoxy) is 2. The molecule has 29 heavy (non-hydrogen) atoms. The van der Waals surface area contributed by atoms with Crippen molar-refractivity contribution in [2.75, 3.05) is 19.0 Å². The van der Waals surface area contributed by atoms with Crippen LogP contribution in [0.25, 0.3) is 6.08 Å². The fourth-order valence-electron chi connectivity index (χ4n) is 3.18. The molecule has 0 aromatic heterocycles. The minimum absolute atomic E-state index is 0.139. The van der Waals surface area contributed by atoms with Gasteiger partial charge in [0, 0.05) is 11.8 Å². The average Bonchev–Trinajstić information content (AvgIpc) is 2.75. The first-order chi connectivity index (χ1) is 14.1. The number of anilines is 1. The number of methoxy groups -OCH3 is 1. The van der Waals surface area contributed by atoms with Gasteiger partial charge in [-0.2, -0.15) is 0 Å². The van der Waals surface area contributed by atoms with Crippen molar-refractivity contribution in [2.24, 2.45) is 0 Å². The highest BCUT2D eigenvalue weighted by Crippen LogP contribution is 2.29. The van der Waals surface area contributed by atoms with Crippen molar-refractivity contribution < 1.29 is 14.3 Å². The van der Waals surface area contributed by atoms with Crippen LogP contribution in [0.4, 0.5) is 5.69 Å². The maximum Gasteiger partial charge on any atom is 0.248 e. The van der Waals surface area contributed by atoms with Crippen molar-refractivity contribution in [1.82, 2.24) is 0 Å². The molecule has 156 valence electrons. The fourth-order valence-corrected chi connectivity index (χ4v) is 3.18. The molecule has 0 heterocycles. The average molecular weight is 396 g/mol. The molecule has 0 radical (unpaired) electrons. The topological polar surface area (TPSA) is 47.6 Å². The number of unbranched alkanes of at least 4 members (excludes halogenated alkanes) is 2. The Morgan fingerprint density at radius 1 is 1.00 bits per heavy atom. The Hall–Kier alpha value is -2.75. The van der Waals surface area contributed by atoms with E-state index in [9.17, 15) is 4.79 Å². The second-order valence-corrected chi connectivity index (χ2v) is 6.95. The van der Waals surface area contributed by atoms with Gasteiger partial charge in [-0.1, -0.05) is 57.9 Å². The highest BCUT2D eigenvalue weighted by atomic mass is 16.5. The van der Waals surface area contributed by atoms with E-state index in [2.05, 4.69) is 38.2 Å². The van der Waals surface area contributed by atoms with E-state index in [4.69, 9.17) is 9.47 Å². The Balaban J connectivity index is 2.07. The van der Waals surface area contributed by atoms with E-state index >= 15 is 0 Å². The number of nitrogens with one attached hydrogen (secondary N) is 1. The lowest BCUT2D eigenvalue weighted by Crippen LogP contribution is -2.11. The quantitative estimate of drug-likeness (QED) is 0.373. The van der Waals surface area contributed by atoms with Gasteiger partial charge in [0.2, 0.25) is 5.91 Å². The largest absolute Gasteiger partial charge is 0.493 e. The molecule has 0 aliphatic carbocycles. The number of amides is 1. The highest BCUT2D eigenvalue weighted by molar-refractivity contribution is 6.02. The molecular formula is C25H33NO3. The lowest BCUT2D eigenvalue weighted by molar-refractivity contribution is -0.111. The number of aryl methyl sites for hydroxylation is 2. The van der Waals surface area contributed by atoms with Crippen molar-refractivity contribution in [2.45, 2.75) is 52.9 Å². The van der Waals surface area contributed by atoms with E-state index in [1.165, 1.54) is 0 Å². The molecular weight excluding hydrogens is 362 g/mol. The van der Waals surface area contributed by atoms with Gasteiger partial charge in [-0.3, -0.25) is 4.79 Å². The molecule has 1 amide bonds. The number of rotatable bonds is 11. The molecule has 0 unspecified atom stereocenters. The Morgan fingerprint density at radius 3 is 2.34 bits per heavy atom. The van der Waals surface area contributed by atoms with Gasteiger partial charge < -0.3 is 14.8 Å². The summed E-state index contributed by atoms with van der Waals surface area (Å²) in [5.41, 5.74) is 4.12. The van der Waals surface area contributed by atoms with Crippen LogP contribution in [0.15, 0.2) is 42.5 Å². The van der Waals surface area contributed by atoms with Crippen molar-refractivity contribution in [1.29, 1.82) is 0 Å². The molecule has 0 aliphatic rings. The first-order valence-electron chi connectivity index (χ1n) is 10.5. The Morgan fingerprint density at radius 2 is 1.72 bits per heavy atom. The molecule has 2 rings (SSSR count). The number of carbonyl (C=O) groups excluding carboxylic acids is 1. The van der Waals surface area contributed by atoms with Crippen LogP contribution in [0.1, 0.15) is 56.7 Å².